The third-order valence-electron chi connectivity index (χ3n) is 6.36. The van der Waals surface area contributed by atoms with Crippen LogP contribution in [0.4, 0.5) is 10.6 Å². The zero-order valence-corrected chi connectivity index (χ0v) is 21.8. The van der Waals surface area contributed by atoms with Crippen molar-refractivity contribution in [2.24, 2.45) is 5.92 Å². The van der Waals surface area contributed by atoms with Crippen molar-refractivity contribution in [1.29, 1.82) is 0 Å². The summed E-state index contributed by atoms with van der Waals surface area (Å²) in [6, 6.07) is 7.91. The Morgan fingerprint density at radius 2 is 2.00 bits per heavy atom. The summed E-state index contributed by atoms with van der Waals surface area (Å²) in [6.45, 7) is 9.80. The molecular weight excluding hydrogens is 460 g/mol. The Labute approximate surface area is 213 Å². The number of amides is 1. The van der Waals surface area contributed by atoms with Gasteiger partial charge in [-0.3, -0.25) is 4.98 Å². The Kier molecular flexibility index (Phi) is 8.51. The summed E-state index contributed by atoms with van der Waals surface area (Å²) >= 11 is 0. The van der Waals surface area contributed by atoms with E-state index in [4.69, 9.17) is 23.9 Å². The zero-order valence-electron chi connectivity index (χ0n) is 21.8. The first-order valence-corrected chi connectivity index (χ1v) is 12.7. The van der Waals surface area contributed by atoms with E-state index in [1.165, 1.54) is 0 Å². The maximum absolute atomic E-state index is 12.5. The topological polar surface area (TPSA) is 86.3 Å². The lowest BCUT2D eigenvalue weighted by Crippen LogP contribution is -2.43. The highest BCUT2D eigenvalue weighted by Crippen LogP contribution is 2.31. The van der Waals surface area contributed by atoms with Crippen LogP contribution in [0.15, 0.2) is 36.7 Å². The minimum atomic E-state index is -0.487. The van der Waals surface area contributed by atoms with Crippen molar-refractivity contribution in [3.63, 3.8) is 0 Å². The molecule has 1 amide bonds. The number of rotatable bonds is 8. The molecule has 0 saturated carbocycles. The van der Waals surface area contributed by atoms with E-state index in [0.717, 1.165) is 37.2 Å². The summed E-state index contributed by atoms with van der Waals surface area (Å²) in [7, 11) is 1.63. The van der Waals surface area contributed by atoms with Crippen molar-refractivity contribution in [2.75, 3.05) is 44.9 Å². The fraction of sp³-hybridized carbons (Fsp3) is 0.593. The molecule has 0 radical (unpaired) electrons. The molecule has 2 aromatic heterocycles. The molecule has 2 aliphatic heterocycles. The zero-order chi connectivity index (χ0) is 25.5. The van der Waals surface area contributed by atoms with Gasteiger partial charge in [0.05, 0.1) is 20.3 Å². The molecule has 36 heavy (non-hydrogen) atoms. The van der Waals surface area contributed by atoms with E-state index in [1.807, 2.05) is 50.1 Å². The Balaban J connectivity index is 1.48. The SMILES string of the molecule is COc1ccc(N(Cc2cccnc2)CC2CCN(C(=O)OC(C)(C)C)CC2)nc1O[C@@H]1CCOC1. The van der Waals surface area contributed by atoms with Crippen molar-refractivity contribution in [3.8, 4) is 11.6 Å². The van der Waals surface area contributed by atoms with Crippen LogP contribution < -0.4 is 14.4 Å². The van der Waals surface area contributed by atoms with Crippen LogP contribution in [0.3, 0.4) is 0 Å². The molecule has 0 N–H and O–H groups in total. The number of pyridine rings is 2. The molecule has 2 aliphatic rings. The van der Waals surface area contributed by atoms with Gasteiger partial charge in [-0.15, -0.1) is 0 Å². The lowest BCUT2D eigenvalue weighted by Gasteiger charge is -2.36. The van der Waals surface area contributed by atoms with Crippen LogP contribution in [0.2, 0.25) is 0 Å². The molecule has 0 spiro atoms. The van der Waals surface area contributed by atoms with Gasteiger partial charge in [0.1, 0.15) is 17.5 Å². The largest absolute Gasteiger partial charge is 0.491 e. The monoisotopic (exact) mass is 498 g/mol. The molecule has 0 unspecified atom stereocenters. The molecule has 4 rings (SSSR count). The third kappa shape index (κ3) is 7.22. The van der Waals surface area contributed by atoms with Crippen molar-refractivity contribution >= 4 is 11.9 Å². The van der Waals surface area contributed by atoms with E-state index in [2.05, 4.69) is 16.0 Å². The molecule has 4 heterocycles. The number of anilines is 1. The molecule has 0 aliphatic carbocycles. The fourth-order valence-corrected chi connectivity index (χ4v) is 4.48. The highest BCUT2D eigenvalue weighted by molar-refractivity contribution is 5.68. The van der Waals surface area contributed by atoms with Crippen LogP contribution in [0, 0.1) is 5.92 Å². The second kappa shape index (κ2) is 11.8. The van der Waals surface area contributed by atoms with Gasteiger partial charge in [0.2, 0.25) is 0 Å². The van der Waals surface area contributed by atoms with Crippen molar-refractivity contribution in [2.45, 2.75) is 58.3 Å². The fourth-order valence-electron chi connectivity index (χ4n) is 4.48. The number of hydrogen-bond donors (Lipinski definition) is 0. The van der Waals surface area contributed by atoms with E-state index in [9.17, 15) is 4.79 Å². The maximum atomic E-state index is 12.5. The Bertz CT molecular complexity index is 983. The summed E-state index contributed by atoms with van der Waals surface area (Å²) in [5.74, 6) is 2.33. The van der Waals surface area contributed by atoms with Gasteiger partial charge in [-0.2, -0.15) is 4.98 Å². The van der Waals surface area contributed by atoms with Crippen LogP contribution in [0.1, 0.15) is 45.6 Å². The molecule has 2 saturated heterocycles. The average Bonchev–Trinajstić information content (AvgIpc) is 3.37. The highest BCUT2D eigenvalue weighted by Gasteiger charge is 2.28. The van der Waals surface area contributed by atoms with E-state index in [0.29, 0.717) is 50.4 Å². The number of aromatic nitrogens is 2. The Hall–Kier alpha value is -3.07. The number of likely N-dealkylation sites (tertiary alicyclic amines) is 1. The van der Waals surface area contributed by atoms with Gasteiger partial charge >= 0.3 is 6.09 Å². The summed E-state index contributed by atoms with van der Waals surface area (Å²) in [5.41, 5.74) is 0.617. The van der Waals surface area contributed by atoms with Gasteiger partial charge in [0.25, 0.3) is 5.88 Å². The molecule has 1 atom stereocenters. The summed E-state index contributed by atoms with van der Waals surface area (Å²) in [5, 5.41) is 0. The number of piperidine rings is 1. The van der Waals surface area contributed by atoms with Crippen LogP contribution in [0.5, 0.6) is 11.6 Å². The molecular formula is C27H38N4O5. The van der Waals surface area contributed by atoms with Gasteiger partial charge < -0.3 is 28.7 Å². The number of hydrogen-bond acceptors (Lipinski definition) is 8. The first kappa shape index (κ1) is 26.0. The number of carbonyl (C=O) groups is 1. The molecule has 2 aromatic rings. The lowest BCUT2D eigenvalue weighted by molar-refractivity contribution is 0.0186. The predicted octanol–water partition coefficient (Wildman–Crippen LogP) is 4.31. The smallest absolute Gasteiger partial charge is 0.410 e. The normalized spacial score (nSPS) is 18.7. The quantitative estimate of drug-likeness (QED) is 0.532. The maximum Gasteiger partial charge on any atom is 0.410 e. The van der Waals surface area contributed by atoms with E-state index < -0.39 is 5.60 Å². The number of carbonyl (C=O) groups excluding carboxylic acids is 1. The van der Waals surface area contributed by atoms with Gasteiger partial charge in [0, 0.05) is 45.0 Å². The first-order chi connectivity index (χ1) is 17.3. The van der Waals surface area contributed by atoms with Crippen LogP contribution in [-0.2, 0) is 16.0 Å². The molecule has 9 nitrogen and oxygen atoms in total. The molecule has 9 heteroatoms. The summed E-state index contributed by atoms with van der Waals surface area (Å²) < 4.78 is 22.7. The minimum absolute atomic E-state index is 0.0226. The molecule has 0 bridgehead atoms. The second-order valence-corrected chi connectivity index (χ2v) is 10.4. The molecule has 0 aromatic carbocycles. The van der Waals surface area contributed by atoms with E-state index in [-0.39, 0.29) is 12.2 Å². The Morgan fingerprint density at radius 3 is 2.64 bits per heavy atom. The summed E-state index contributed by atoms with van der Waals surface area (Å²) in [6.07, 6.45) is 6.05. The van der Waals surface area contributed by atoms with Gasteiger partial charge in [0.15, 0.2) is 5.75 Å². The number of nitrogens with zero attached hydrogens (tertiary/aromatic N) is 4. The molecule has 196 valence electrons. The van der Waals surface area contributed by atoms with E-state index in [1.54, 1.807) is 13.3 Å². The van der Waals surface area contributed by atoms with Gasteiger partial charge in [-0.05, 0) is 63.3 Å². The lowest BCUT2D eigenvalue weighted by atomic mass is 9.96. The first-order valence-electron chi connectivity index (χ1n) is 12.7. The van der Waals surface area contributed by atoms with Crippen LogP contribution >= 0.6 is 0 Å². The van der Waals surface area contributed by atoms with Gasteiger partial charge in [-0.25, -0.2) is 4.79 Å². The van der Waals surface area contributed by atoms with Crippen molar-refractivity contribution in [3.05, 3.63) is 42.2 Å². The summed E-state index contributed by atoms with van der Waals surface area (Å²) in [4.78, 5) is 25.7. The standard InChI is InChI=1S/C27H38N4O5/c1-27(2,3)36-26(32)30-13-9-20(10-14-30)17-31(18-21-6-5-12-28-16-21)24-8-7-23(33-4)25(29-24)35-22-11-15-34-19-22/h5-8,12,16,20,22H,9-11,13-15,17-19H2,1-4H3/t22-/m1/s1. The minimum Gasteiger partial charge on any atom is -0.491 e. The highest BCUT2D eigenvalue weighted by atomic mass is 16.6. The van der Waals surface area contributed by atoms with Gasteiger partial charge in [-0.1, -0.05) is 6.07 Å². The second-order valence-electron chi connectivity index (χ2n) is 10.4. The van der Waals surface area contributed by atoms with Crippen molar-refractivity contribution < 1.29 is 23.7 Å². The van der Waals surface area contributed by atoms with Crippen LogP contribution in [-0.4, -0.2) is 72.6 Å². The average molecular weight is 499 g/mol. The Morgan fingerprint density at radius 1 is 1.19 bits per heavy atom. The third-order valence-corrected chi connectivity index (χ3v) is 6.36. The predicted molar refractivity (Wildman–Crippen MR) is 136 cm³/mol. The van der Waals surface area contributed by atoms with Crippen LogP contribution in [0.25, 0.3) is 0 Å². The van der Waals surface area contributed by atoms with E-state index >= 15 is 0 Å². The van der Waals surface area contributed by atoms with Crippen molar-refractivity contribution in [1.82, 2.24) is 14.9 Å². The molecule has 2 fully saturated rings. The number of methoxy groups -OCH3 is 1. The number of ether oxygens (including phenoxy) is 4.